The van der Waals surface area contributed by atoms with Crippen LogP contribution >= 0.6 is 0 Å². The molecule has 0 spiro atoms. The molecule has 1 aromatic carbocycles. The van der Waals surface area contributed by atoms with Crippen molar-refractivity contribution in [3.05, 3.63) is 62.6 Å². The van der Waals surface area contributed by atoms with Crippen LogP contribution in [0, 0.1) is 37.5 Å². The molecule has 24 heavy (non-hydrogen) atoms. The quantitative estimate of drug-likeness (QED) is 0.849. The fourth-order valence-electron chi connectivity index (χ4n) is 2.57. The minimum atomic E-state index is -0.396. The Morgan fingerprint density at radius 2 is 2.12 bits per heavy atom. The lowest BCUT2D eigenvalue weighted by atomic mass is 9.99. The number of aryl methyl sites for hydroxylation is 1. The van der Waals surface area contributed by atoms with Gasteiger partial charge in [0, 0.05) is 23.4 Å². The number of amides is 1. The molecule has 0 atom stereocenters. The Hall–Kier alpha value is -3.31. The predicted molar refractivity (Wildman–Crippen MR) is 92.6 cm³/mol. The second-order valence-electron chi connectivity index (χ2n) is 5.44. The highest BCUT2D eigenvalue weighted by Crippen LogP contribution is 2.16. The van der Waals surface area contributed by atoms with E-state index in [2.05, 4.69) is 16.2 Å². The van der Waals surface area contributed by atoms with Crippen molar-refractivity contribution in [2.45, 2.75) is 26.7 Å². The smallest absolute Gasteiger partial charge is 0.266 e. The summed E-state index contributed by atoms with van der Waals surface area (Å²) in [4.78, 5) is 26.5. The van der Waals surface area contributed by atoms with Crippen molar-refractivity contribution < 1.29 is 4.79 Å². The van der Waals surface area contributed by atoms with Gasteiger partial charge < -0.3 is 10.3 Å². The molecule has 2 aromatic rings. The molecule has 0 aliphatic rings. The number of carbonyl (C=O) groups is 1. The summed E-state index contributed by atoms with van der Waals surface area (Å²) in [5.41, 5.74) is 3.16. The van der Waals surface area contributed by atoms with Gasteiger partial charge in [0.15, 0.2) is 0 Å². The molecule has 0 aliphatic carbocycles. The van der Waals surface area contributed by atoms with Gasteiger partial charge in [0.2, 0.25) is 5.91 Å². The molecule has 1 amide bonds. The molecule has 5 nitrogen and oxygen atoms in total. The maximum Gasteiger partial charge on any atom is 0.266 e. The maximum atomic E-state index is 12.1. The molecule has 0 aliphatic heterocycles. The number of anilines is 1. The number of hydrogen-bond acceptors (Lipinski definition) is 3. The second-order valence-corrected chi connectivity index (χ2v) is 5.44. The number of pyridine rings is 1. The van der Waals surface area contributed by atoms with E-state index in [-0.39, 0.29) is 17.9 Å². The molecule has 1 aromatic heterocycles. The summed E-state index contributed by atoms with van der Waals surface area (Å²) >= 11 is 0. The van der Waals surface area contributed by atoms with Crippen molar-refractivity contribution in [2.75, 3.05) is 5.32 Å². The Bertz CT molecular complexity index is 927. The molecule has 0 radical (unpaired) electrons. The number of aromatic nitrogens is 1. The third kappa shape index (κ3) is 3.71. The zero-order chi connectivity index (χ0) is 17.7. The number of carbonyl (C=O) groups excluding carboxylic acids is 1. The average Bonchev–Trinajstić information content (AvgIpc) is 2.54. The van der Waals surface area contributed by atoms with E-state index in [9.17, 15) is 9.59 Å². The van der Waals surface area contributed by atoms with Crippen molar-refractivity contribution in [2.24, 2.45) is 0 Å². The summed E-state index contributed by atoms with van der Waals surface area (Å²) in [7, 11) is 0. The van der Waals surface area contributed by atoms with Gasteiger partial charge in [-0.15, -0.1) is 6.42 Å². The molecule has 0 fully saturated rings. The molecular formula is C19H17N3O2. The van der Waals surface area contributed by atoms with E-state index in [1.807, 2.05) is 6.07 Å². The monoisotopic (exact) mass is 319 g/mol. The molecule has 2 rings (SSSR count). The number of terminal acetylenes is 1. The van der Waals surface area contributed by atoms with Crippen molar-refractivity contribution >= 4 is 11.6 Å². The van der Waals surface area contributed by atoms with Crippen LogP contribution < -0.4 is 10.9 Å². The Balaban J connectivity index is 2.11. The van der Waals surface area contributed by atoms with E-state index >= 15 is 0 Å². The number of aromatic amines is 1. The van der Waals surface area contributed by atoms with Gasteiger partial charge in [-0.2, -0.15) is 5.26 Å². The summed E-state index contributed by atoms with van der Waals surface area (Å²) in [6.45, 7) is 3.49. The Morgan fingerprint density at radius 3 is 2.79 bits per heavy atom. The first-order chi connectivity index (χ1) is 11.5. The van der Waals surface area contributed by atoms with Crippen molar-refractivity contribution in [1.29, 1.82) is 5.26 Å². The molecule has 2 N–H and O–H groups in total. The highest BCUT2D eigenvalue weighted by atomic mass is 16.1. The summed E-state index contributed by atoms with van der Waals surface area (Å²) in [6, 6.07) is 8.96. The molecule has 5 heteroatoms. The third-order valence-electron chi connectivity index (χ3n) is 3.84. The fraction of sp³-hybridized carbons (Fsp3) is 0.211. The SMILES string of the molecule is C#Cc1cccc(NC(=O)CCc2c(C)[nH]c(=O)c(C#N)c2C)c1. The number of nitrogens with one attached hydrogen (secondary N) is 2. The highest BCUT2D eigenvalue weighted by molar-refractivity contribution is 5.91. The number of nitrogens with zero attached hydrogens (tertiary/aromatic N) is 1. The molecule has 0 saturated heterocycles. The lowest BCUT2D eigenvalue weighted by Gasteiger charge is -2.11. The summed E-state index contributed by atoms with van der Waals surface area (Å²) < 4.78 is 0. The van der Waals surface area contributed by atoms with Gasteiger partial charge in [-0.1, -0.05) is 12.0 Å². The van der Waals surface area contributed by atoms with Gasteiger partial charge in [0.05, 0.1) is 0 Å². The molecule has 120 valence electrons. The average molecular weight is 319 g/mol. The van der Waals surface area contributed by atoms with E-state index in [0.717, 1.165) is 5.56 Å². The minimum absolute atomic E-state index is 0.0951. The number of rotatable bonds is 4. The Kier molecular flexibility index (Phi) is 5.19. The first-order valence-corrected chi connectivity index (χ1v) is 7.45. The topological polar surface area (TPSA) is 85.8 Å². The lowest BCUT2D eigenvalue weighted by molar-refractivity contribution is -0.116. The third-order valence-corrected chi connectivity index (χ3v) is 3.84. The molecular weight excluding hydrogens is 302 g/mol. The summed E-state index contributed by atoms with van der Waals surface area (Å²) in [6.07, 6.45) is 6.01. The van der Waals surface area contributed by atoms with Crippen LogP contribution in [0.2, 0.25) is 0 Å². The van der Waals surface area contributed by atoms with Crippen LogP contribution in [0.3, 0.4) is 0 Å². The highest BCUT2D eigenvalue weighted by Gasteiger charge is 2.13. The number of benzene rings is 1. The first-order valence-electron chi connectivity index (χ1n) is 7.45. The van der Waals surface area contributed by atoms with Gasteiger partial charge in [-0.3, -0.25) is 9.59 Å². The van der Waals surface area contributed by atoms with Crippen molar-refractivity contribution in [1.82, 2.24) is 4.98 Å². The molecule has 1 heterocycles. The standard InChI is InChI=1S/C19H17N3O2/c1-4-14-6-5-7-15(10-14)22-18(23)9-8-16-12(2)17(11-20)19(24)21-13(16)3/h1,5-7,10H,8-9H2,2-3H3,(H,21,24)(H,22,23). The van der Waals surface area contributed by atoms with Gasteiger partial charge in [0.25, 0.3) is 5.56 Å². The van der Waals surface area contributed by atoms with Crippen LogP contribution in [0.5, 0.6) is 0 Å². The van der Waals surface area contributed by atoms with E-state index < -0.39 is 5.56 Å². The Labute approximate surface area is 140 Å². The zero-order valence-electron chi connectivity index (χ0n) is 13.6. The van der Waals surface area contributed by atoms with Crippen LogP contribution in [-0.4, -0.2) is 10.9 Å². The largest absolute Gasteiger partial charge is 0.326 e. The predicted octanol–water partition coefficient (Wildman–Crippen LogP) is 2.42. The molecule has 0 saturated carbocycles. The van der Waals surface area contributed by atoms with Crippen LogP contribution in [0.1, 0.15) is 34.4 Å². The second kappa shape index (κ2) is 7.30. The van der Waals surface area contributed by atoms with Crippen LogP contribution in [0.15, 0.2) is 29.1 Å². The van der Waals surface area contributed by atoms with Gasteiger partial charge >= 0.3 is 0 Å². The van der Waals surface area contributed by atoms with Crippen molar-refractivity contribution in [3.63, 3.8) is 0 Å². The lowest BCUT2D eigenvalue weighted by Crippen LogP contribution is -2.18. The normalized spacial score (nSPS) is 9.83. The van der Waals surface area contributed by atoms with E-state index in [1.54, 1.807) is 38.1 Å². The van der Waals surface area contributed by atoms with E-state index in [0.29, 0.717) is 28.9 Å². The zero-order valence-corrected chi connectivity index (χ0v) is 13.6. The number of H-pyrrole nitrogens is 1. The number of nitriles is 1. The van der Waals surface area contributed by atoms with Gasteiger partial charge in [0.1, 0.15) is 11.6 Å². The van der Waals surface area contributed by atoms with E-state index in [1.165, 1.54) is 0 Å². The van der Waals surface area contributed by atoms with E-state index in [4.69, 9.17) is 11.7 Å². The molecule has 0 bridgehead atoms. The maximum absolute atomic E-state index is 12.1. The fourth-order valence-corrected chi connectivity index (χ4v) is 2.57. The van der Waals surface area contributed by atoms with Crippen molar-refractivity contribution in [3.8, 4) is 18.4 Å². The number of hydrogen-bond donors (Lipinski definition) is 2. The molecule has 0 unspecified atom stereocenters. The van der Waals surface area contributed by atoms with Gasteiger partial charge in [-0.25, -0.2) is 0 Å². The van der Waals surface area contributed by atoms with Crippen LogP contribution in [-0.2, 0) is 11.2 Å². The Morgan fingerprint density at radius 1 is 1.38 bits per heavy atom. The van der Waals surface area contributed by atoms with Gasteiger partial charge in [-0.05, 0) is 49.6 Å². The summed E-state index contributed by atoms with van der Waals surface area (Å²) in [5.74, 6) is 2.36. The minimum Gasteiger partial charge on any atom is -0.326 e. The van der Waals surface area contributed by atoms with Crippen LogP contribution in [0.4, 0.5) is 5.69 Å². The van der Waals surface area contributed by atoms with Crippen LogP contribution in [0.25, 0.3) is 0 Å². The first kappa shape index (κ1) is 17.1. The summed E-state index contributed by atoms with van der Waals surface area (Å²) in [5, 5.41) is 11.9.